The normalized spacial score (nSPS) is 15.6. The lowest BCUT2D eigenvalue weighted by molar-refractivity contribution is 0.172. The van der Waals surface area contributed by atoms with Gasteiger partial charge in [0.2, 0.25) is 0 Å². The van der Waals surface area contributed by atoms with Gasteiger partial charge >= 0.3 is 0 Å². The van der Waals surface area contributed by atoms with Crippen LogP contribution in [0.4, 0.5) is 0 Å². The monoisotopic (exact) mass is 114 g/mol. The molecule has 0 saturated carbocycles. The zero-order chi connectivity index (χ0) is 6.57. The summed E-state index contributed by atoms with van der Waals surface area (Å²) in [6.07, 6.45) is 3.40. The first kappa shape index (κ1) is 7.70. The Kier molecular flexibility index (Phi) is 3.53. The van der Waals surface area contributed by atoms with Gasteiger partial charge in [0.05, 0.1) is 6.10 Å². The van der Waals surface area contributed by atoms with Crippen molar-refractivity contribution in [3.8, 4) is 0 Å². The largest absolute Gasteiger partial charge is 0.389 e. The van der Waals surface area contributed by atoms with Gasteiger partial charge in [0.25, 0.3) is 0 Å². The van der Waals surface area contributed by atoms with E-state index in [1.165, 1.54) is 0 Å². The summed E-state index contributed by atoms with van der Waals surface area (Å²) in [7, 11) is 0. The molecule has 0 aromatic heterocycles. The van der Waals surface area contributed by atoms with Crippen LogP contribution in [0.25, 0.3) is 0 Å². The van der Waals surface area contributed by atoms with Crippen molar-refractivity contribution >= 4 is 0 Å². The Morgan fingerprint density at radius 3 is 2.00 bits per heavy atom. The van der Waals surface area contributed by atoms with E-state index < -0.39 is 0 Å². The van der Waals surface area contributed by atoms with Crippen molar-refractivity contribution in [2.45, 2.75) is 26.9 Å². The third-order valence-electron chi connectivity index (χ3n) is 1.07. The molecule has 0 heterocycles. The Balaban J connectivity index is 3.47. The number of hydrogen-bond acceptors (Lipinski definition) is 1. The first-order valence-corrected chi connectivity index (χ1v) is 2.99. The van der Waals surface area contributed by atoms with Gasteiger partial charge in [0.1, 0.15) is 0 Å². The predicted octanol–water partition coefficient (Wildman–Crippen LogP) is 1.58. The van der Waals surface area contributed by atoms with Crippen LogP contribution in [0.1, 0.15) is 20.8 Å². The highest BCUT2D eigenvalue weighted by molar-refractivity contribution is 4.86. The van der Waals surface area contributed by atoms with Crippen molar-refractivity contribution in [1.29, 1.82) is 0 Å². The highest BCUT2D eigenvalue weighted by atomic mass is 16.3. The lowest BCUT2D eigenvalue weighted by Crippen LogP contribution is -2.10. The van der Waals surface area contributed by atoms with Gasteiger partial charge in [-0.05, 0) is 12.8 Å². The first-order chi connectivity index (χ1) is 3.68. The standard InChI is InChI=1S/C7H14O/c1-4-5-7(8)6(2)3/h4-8H,1-3H3/b5-4+. The van der Waals surface area contributed by atoms with Gasteiger partial charge in [-0.2, -0.15) is 0 Å². The molecular formula is C7H14O. The molecule has 8 heavy (non-hydrogen) atoms. The molecule has 0 aromatic carbocycles. The Morgan fingerprint density at radius 1 is 1.38 bits per heavy atom. The van der Waals surface area contributed by atoms with Gasteiger partial charge in [-0.25, -0.2) is 0 Å². The summed E-state index contributed by atoms with van der Waals surface area (Å²) in [5, 5.41) is 9.04. The van der Waals surface area contributed by atoms with Crippen molar-refractivity contribution in [3.63, 3.8) is 0 Å². The van der Waals surface area contributed by atoms with Crippen molar-refractivity contribution in [2.24, 2.45) is 5.92 Å². The van der Waals surface area contributed by atoms with Crippen molar-refractivity contribution in [1.82, 2.24) is 0 Å². The second-order valence-corrected chi connectivity index (χ2v) is 2.26. The molecule has 0 aliphatic carbocycles. The third-order valence-corrected chi connectivity index (χ3v) is 1.07. The molecular weight excluding hydrogens is 100 g/mol. The second kappa shape index (κ2) is 3.67. The van der Waals surface area contributed by atoms with Gasteiger partial charge in [-0.3, -0.25) is 0 Å². The maximum atomic E-state index is 9.04. The molecule has 1 N–H and O–H groups in total. The average Bonchev–Trinajstić information content (AvgIpc) is 1.67. The molecule has 0 spiro atoms. The van der Waals surface area contributed by atoms with Crippen LogP contribution >= 0.6 is 0 Å². The molecule has 1 unspecified atom stereocenters. The van der Waals surface area contributed by atoms with E-state index in [-0.39, 0.29) is 6.10 Å². The van der Waals surface area contributed by atoms with E-state index in [4.69, 9.17) is 5.11 Å². The van der Waals surface area contributed by atoms with E-state index in [9.17, 15) is 0 Å². The molecule has 0 amide bonds. The Morgan fingerprint density at radius 2 is 1.88 bits per heavy atom. The smallest absolute Gasteiger partial charge is 0.0743 e. The zero-order valence-electron chi connectivity index (χ0n) is 5.76. The number of allylic oxidation sites excluding steroid dienone is 1. The SMILES string of the molecule is C/C=C/C(O)C(C)C. The minimum absolute atomic E-state index is 0.264. The maximum Gasteiger partial charge on any atom is 0.0743 e. The van der Waals surface area contributed by atoms with Crippen LogP contribution in [0.2, 0.25) is 0 Å². The Hall–Kier alpha value is -0.300. The highest BCUT2D eigenvalue weighted by Crippen LogP contribution is 2.00. The van der Waals surface area contributed by atoms with Gasteiger partial charge in [-0.1, -0.05) is 26.0 Å². The number of rotatable bonds is 2. The predicted molar refractivity (Wildman–Crippen MR) is 35.7 cm³/mol. The molecule has 0 bridgehead atoms. The van der Waals surface area contributed by atoms with Gasteiger partial charge in [0, 0.05) is 0 Å². The van der Waals surface area contributed by atoms with Crippen LogP contribution in [0.5, 0.6) is 0 Å². The molecule has 48 valence electrons. The van der Waals surface area contributed by atoms with E-state index in [0.717, 1.165) is 0 Å². The maximum absolute atomic E-state index is 9.04. The molecule has 0 rings (SSSR count). The van der Waals surface area contributed by atoms with Crippen LogP contribution in [-0.4, -0.2) is 11.2 Å². The quantitative estimate of drug-likeness (QED) is 0.540. The van der Waals surface area contributed by atoms with E-state index in [2.05, 4.69) is 0 Å². The van der Waals surface area contributed by atoms with Crippen LogP contribution in [-0.2, 0) is 0 Å². The van der Waals surface area contributed by atoms with E-state index in [1.807, 2.05) is 26.8 Å². The van der Waals surface area contributed by atoms with Crippen LogP contribution in [0.15, 0.2) is 12.2 Å². The molecule has 1 nitrogen and oxygen atoms in total. The molecule has 0 aliphatic rings. The summed E-state index contributed by atoms with van der Waals surface area (Å²) in [6, 6.07) is 0. The fraction of sp³-hybridized carbons (Fsp3) is 0.714. The molecule has 0 saturated heterocycles. The fourth-order valence-electron chi connectivity index (χ4n) is 0.419. The summed E-state index contributed by atoms with van der Waals surface area (Å²) in [6.45, 7) is 5.89. The highest BCUT2D eigenvalue weighted by Gasteiger charge is 2.01. The summed E-state index contributed by atoms with van der Waals surface area (Å²) in [5.41, 5.74) is 0. The lowest BCUT2D eigenvalue weighted by atomic mass is 10.1. The van der Waals surface area contributed by atoms with Gasteiger partial charge < -0.3 is 5.11 Å². The molecule has 0 fully saturated rings. The van der Waals surface area contributed by atoms with E-state index >= 15 is 0 Å². The minimum atomic E-state index is -0.264. The molecule has 0 aliphatic heterocycles. The minimum Gasteiger partial charge on any atom is -0.389 e. The summed E-state index contributed by atoms with van der Waals surface area (Å²) in [4.78, 5) is 0. The summed E-state index contributed by atoms with van der Waals surface area (Å²) < 4.78 is 0. The molecule has 0 aromatic rings. The average molecular weight is 114 g/mol. The van der Waals surface area contributed by atoms with Crippen molar-refractivity contribution < 1.29 is 5.11 Å². The van der Waals surface area contributed by atoms with Crippen LogP contribution in [0.3, 0.4) is 0 Å². The topological polar surface area (TPSA) is 20.2 Å². The fourth-order valence-corrected chi connectivity index (χ4v) is 0.419. The first-order valence-electron chi connectivity index (χ1n) is 2.99. The Bertz CT molecular complexity index is 74.5. The summed E-state index contributed by atoms with van der Waals surface area (Å²) in [5.74, 6) is 0.339. The Labute approximate surface area is 51.0 Å². The number of aliphatic hydroxyl groups is 1. The zero-order valence-corrected chi connectivity index (χ0v) is 5.76. The number of aliphatic hydroxyl groups excluding tert-OH is 1. The molecule has 1 atom stereocenters. The van der Waals surface area contributed by atoms with Crippen molar-refractivity contribution in [3.05, 3.63) is 12.2 Å². The second-order valence-electron chi connectivity index (χ2n) is 2.26. The number of hydrogen-bond donors (Lipinski definition) is 1. The van der Waals surface area contributed by atoms with Crippen molar-refractivity contribution in [2.75, 3.05) is 0 Å². The summed E-state index contributed by atoms with van der Waals surface area (Å²) >= 11 is 0. The molecule has 1 heteroatoms. The van der Waals surface area contributed by atoms with Gasteiger partial charge in [0.15, 0.2) is 0 Å². The van der Waals surface area contributed by atoms with Gasteiger partial charge in [-0.15, -0.1) is 0 Å². The third kappa shape index (κ3) is 2.80. The van der Waals surface area contributed by atoms with E-state index in [0.29, 0.717) is 5.92 Å². The lowest BCUT2D eigenvalue weighted by Gasteiger charge is -2.07. The van der Waals surface area contributed by atoms with Crippen LogP contribution in [0, 0.1) is 5.92 Å². The van der Waals surface area contributed by atoms with E-state index in [1.54, 1.807) is 6.08 Å². The van der Waals surface area contributed by atoms with Crippen LogP contribution < -0.4 is 0 Å². The molecule has 0 radical (unpaired) electrons.